The van der Waals surface area contributed by atoms with Crippen molar-refractivity contribution in [2.45, 2.75) is 71.3 Å². The predicted octanol–water partition coefficient (Wildman–Crippen LogP) is 3.74. The topological polar surface area (TPSA) is 12.0 Å². The Labute approximate surface area is 95.0 Å². The van der Waals surface area contributed by atoms with E-state index >= 15 is 0 Å². The molecule has 1 heteroatoms. The highest BCUT2D eigenvalue weighted by molar-refractivity contribution is 4.89. The second-order valence-electron chi connectivity index (χ2n) is 6.21. The van der Waals surface area contributed by atoms with Gasteiger partial charge in [-0.05, 0) is 56.4 Å². The van der Waals surface area contributed by atoms with E-state index in [9.17, 15) is 0 Å². The molecule has 0 aromatic rings. The summed E-state index contributed by atoms with van der Waals surface area (Å²) in [6.07, 6.45) is 12.1. The summed E-state index contributed by atoms with van der Waals surface area (Å²) in [5.74, 6) is 0.971. The Hall–Kier alpha value is -0.0400. The minimum atomic E-state index is 0.660. The van der Waals surface area contributed by atoms with Gasteiger partial charge in [-0.3, -0.25) is 0 Å². The molecule has 2 aliphatic carbocycles. The summed E-state index contributed by atoms with van der Waals surface area (Å²) < 4.78 is 0. The molecule has 1 spiro atoms. The van der Waals surface area contributed by atoms with Crippen molar-refractivity contribution in [1.82, 2.24) is 5.32 Å². The van der Waals surface area contributed by atoms with Crippen LogP contribution in [0.15, 0.2) is 0 Å². The van der Waals surface area contributed by atoms with E-state index in [1.54, 1.807) is 0 Å². The van der Waals surface area contributed by atoms with E-state index in [0.717, 1.165) is 11.3 Å². The average Bonchev–Trinajstić information content (AvgIpc) is 2.66. The molecule has 0 aromatic heterocycles. The highest BCUT2D eigenvalue weighted by atomic mass is 14.9. The lowest BCUT2D eigenvalue weighted by Crippen LogP contribution is -2.33. The predicted molar refractivity (Wildman–Crippen MR) is 66.0 cm³/mol. The SMILES string of the molecule is CC(C)NCC1CCC2(CCCC2)CC1. The van der Waals surface area contributed by atoms with Gasteiger partial charge in [0.2, 0.25) is 0 Å². The van der Waals surface area contributed by atoms with E-state index in [2.05, 4.69) is 19.2 Å². The van der Waals surface area contributed by atoms with Crippen LogP contribution < -0.4 is 5.32 Å². The third-order valence-corrected chi connectivity index (χ3v) is 4.64. The summed E-state index contributed by atoms with van der Waals surface area (Å²) in [5, 5.41) is 3.59. The van der Waals surface area contributed by atoms with Gasteiger partial charge < -0.3 is 5.32 Å². The zero-order chi connectivity index (χ0) is 10.7. The largest absolute Gasteiger partial charge is 0.314 e. The normalized spacial score (nSPS) is 26.6. The zero-order valence-corrected chi connectivity index (χ0v) is 10.5. The summed E-state index contributed by atoms with van der Waals surface area (Å²) >= 11 is 0. The van der Waals surface area contributed by atoms with Gasteiger partial charge in [0.1, 0.15) is 0 Å². The van der Waals surface area contributed by atoms with Crippen LogP contribution >= 0.6 is 0 Å². The molecule has 2 aliphatic rings. The first kappa shape index (κ1) is 11.4. The minimum absolute atomic E-state index is 0.660. The molecular formula is C14H27N. The van der Waals surface area contributed by atoms with Crippen LogP contribution in [0.25, 0.3) is 0 Å². The van der Waals surface area contributed by atoms with Gasteiger partial charge in [0.25, 0.3) is 0 Å². The Morgan fingerprint density at radius 2 is 1.67 bits per heavy atom. The quantitative estimate of drug-likeness (QED) is 0.746. The van der Waals surface area contributed by atoms with Crippen molar-refractivity contribution in [2.24, 2.45) is 11.3 Å². The first-order chi connectivity index (χ1) is 7.20. The molecule has 0 heterocycles. The van der Waals surface area contributed by atoms with Crippen molar-refractivity contribution in [2.75, 3.05) is 6.54 Å². The molecule has 2 rings (SSSR count). The van der Waals surface area contributed by atoms with Gasteiger partial charge in [-0.25, -0.2) is 0 Å². The maximum atomic E-state index is 3.59. The van der Waals surface area contributed by atoms with Crippen molar-refractivity contribution in [3.05, 3.63) is 0 Å². The van der Waals surface area contributed by atoms with Crippen LogP contribution in [-0.2, 0) is 0 Å². The number of rotatable bonds is 3. The van der Waals surface area contributed by atoms with E-state index in [-0.39, 0.29) is 0 Å². The molecule has 88 valence electrons. The van der Waals surface area contributed by atoms with Crippen molar-refractivity contribution in [1.29, 1.82) is 0 Å². The van der Waals surface area contributed by atoms with E-state index in [4.69, 9.17) is 0 Å². The molecule has 2 fully saturated rings. The Morgan fingerprint density at radius 3 is 2.20 bits per heavy atom. The number of hydrogen-bond acceptors (Lipinski definition) is 1. The van der Waals surface area contributed by atoms with Crippen LogP contribution in [0.4, 0.5) is 0 Å². The number of hydrogen-bond donors (Lipinski definition) is 1. The lowest BCUT2D eigenvalue weighted by Gasteiger charge is -2.37. The van der Waals surface area contributed by atoms with Crippen molar-refractivity contribution in [3.8, 4) is 0 Å². The van der Waals surface area contributed by atoms with E-state index in [1.807, 2.05) is 0 Å². The van der Waals surface area contributed by atoms with Crippen molar-refractivity contribution < 1.29 is 0 Å². The second-order valence-corrected chi connectivity index (χ2v) is 6.21. The summed E-state index contributed by atoms with van der Waals surface area (Å²) in [7, 11) is 0. The molecule has 2 saturated carbocycles. The molecule has 1 nitrogen and oxygen atoms in total. The standard InChI is InChI=1S/C14H27N/c1-12(2)15-11-13-5-9-14(10-6-13)7-3-4-8-14/h12-13,15H,3-11H2,1-2H3. The first-order valence-electron chi connectivity index (χ1n) is 6.94. The Bertz CT molecular complexity index is 182. The Kier molecular flexibility index (Phi) is 3.71. The van der Waals surface area contributed by atoms with Gasteiger partial charge in [-0.2, -0.15) is 0 Å². The van der Waals surface area contributed by atoms with E-state index < -0.39 is 0 Å². The third-order valence-electron chi connectivity index (χ3n) is 4.64. The molecular weight excluding hydrogens is 182 g/mol. The van der Waals surface area contributed by atoms with Crippen LogP contribution in [0.2, 0.25) is 0 Å². The van der Waals surface area contributed by atoms with E-state index in [0.29, 0.717) is 6.04 Å². The summed E-state index contributed by atoms with van der Waals surface area (Å²) in [6, 6.07) is 0.660. The molecule has 0 saturated heterocycles. The van der Waals surface area contributed by atoms with E-state index in [1.165, 1.54) is 57.9 Å². The Morgan fingerprint density at radius 1 is 1.07 bits per heavy atom. The number of nitrogens with one attached hydrogen (secondary N) is 1. The highest BCUT2D eigenvalue weighted by Crippen LogP contribution is 2.50. The third kappa shape index (κ3) is 2.96. The zero-order valence-electron chi connectivity index (χ0n) is 10.5. The molecule has 0 aromatic carbocycles. The van der Waals surface area contributed by atoms with Gasteiger partial charge in [-0.1, -0.05) is 26.7 Å². The maximum absolute atomic E-state index is 3.59. The lowest BCUT2D eigenvalue weighted by molar-refractivity contribution is 0.152. The molecule has 0 amide bonds. The second kappa shape index (κ2) is 4.86. The summed E-state index contributed by atoms with van der Waals surface area (Å²) in [6.45, 7) is 5.76. The van der Waals surface area contributed by atoms with Crippen LogP contribution in [0.1, 0.15) is 65.2 Å². The first-order valence-corrected chi connectivity index (χ1v) is 6.94. The fourth-order valence-corrected chi connectivity index (χ4v) is 3.52. The van der Waals surface area contributed by atoms with Gasteiger partial charge >= 0.3 is 0 Å². The fraction of sp³-hybridized carbons (Fsp3) is 1.00. The molecule has 1 N–H and O–H groups in total. The molecule has 0 aliphatic heterocycles. The monoisotopic (exact) mass is 209 g/mol. The van der Waals surface area contributed by atoms with Crippen molar-refractivity contribution in [3.63, 3.8) is 0 Å². The van der Waals surface area contributed by atoms with Crippen molar-refractivity contribution >= 4 is 0 Å². The van der Waals surface area contributed by atoms with Gasteiger partial charge in [-0.15, -0.1) is 0 Å². The summed E-state index contributed by atoms with van der Waals surface area (Å²) in [5.41, 5.74) is 0.814. The molecule has 15 heavy (non-hydrogen) atoms. The van der Waals surface area contributed by atoms with Gasteiger partial charge in [0.05, 0.1) is 0 Å². The van der Waals surface area contributed by atoms with Crippen LogP contribution in [0.3, 0.4) is 0 Å². The molecule has 0 atom stereocenters. The molecule has 0 radical (unpaired) electrons. The average molecular weight is 209 g/mol. The lowest BCUT2D eigenvalue weighted by atomic mass is 9.69. The van der Waals surface area contributed by atoms with Crippen LogP contribution in [-0.4, -0.2) is 12.6 Å². The minimum Gasteiger partial charge on any atom is -0.314 e. The molecule has 0 unspecified atom stereocenters. The maximum Gasteiger partial charge on any atom is 0.00104 e. The molecule has 0 bridgehead atoms. The smallest absolute Gasteiger partial charge is 0.00104 e. The van der Waals surface area contributed by atoms with Crippen LogP contribution in [0, 0.1) is 11.3 Å². The highest BCUT2D eigenvalue weighted by Gasteiger charge is 2.37. The van der Waals surface area contributed by atoms with Gasteiger partial charge in [0.15, 0.2) is 0 Å². The summed E-state index contributed by atoms with van der Waals surface area (Å²) in [4.78, 5) is 0. The fourth-order valence-electron chi connectivity index (χ4n) is 3.52. The van der Waals surface area contributed by atoms with Crippen LogP contribution in [0.5, 0.6) is 0 Å². The Balaban J connectivity index is 1.72. The van der Waals surface area contributed by atoms with Gasteiger partial charge in [0, 0.05) is 6.04 Å².